The van der Waals surface area contributed by atoms with Crippen LogP contribution in [0.4, 0.5) is 0 Å². The molecule has 14 heavy (non-hydrogen) atoms. The summed E-state index contributed by atoms with van der Waals surface area (Å²) in [6, 6.07) is 0. The Morgan fingerprint density at radius 3 is 2.86 bits per heavy atom. The lowest BCUT2D eigenvalue weighted by atomic mass is 9.97. The van der Waals surface area contributed by atoms with Gasteiger partial charge < -0.3 is 15.0 Å². The maximum absolute atomic E-state index is 5.86. The van der Waals surface area contributed by atoms with Gasteiger partial charge in [0.1, 0.15) is 0 Å². The third-order valence-corrected chi connectivity index (χ3v) is 2.84. The third kappa shape index (κ3) is 4.40. The van der Waals surface area contributed by atoms with Crippen molar-refractivity contribution >= 4 is 0 Å². The molecule has 3 heteroatoms. The minimum Gasteiger partial charge on any atom is -0.377 e. The van der Waals surface area contributed by atoms with Crippen molar-refractivity contribution in [2.45, 2.75) is 25.9 Å². The van der Waals surface area contributed by atoms with Gasteiger partial charge in [0, 0.05) is 13.2 Å². The second kappa shape index (κ2) is 6.38. The van der Waals surface area contributed by atoms with Gasteiger partial charge >= 0.3 is 0 Å². The van der Waals surface area contributed by atoms with Crippen molar-refractivity contribution in [2.75, 3.05) is 40.3 Å². The van der Waals surface area contributed by atoms with Gasteiger partial charge in [0.15, 0.2) is 0 Å². The van der Waals surface area contributed by atoms with Crippen molar-refractivity contribution in [3.63, 3.8) is 0 Å². The van der Waals surface area contributed by atoms with Crippen molar-refractivity contribution in [1.82, 2.24) is 10.2 Å². The van der Waals surface area contributed by atoms with Crippen LogP contribution in [0.2, 0.25) is 0 Å². The molecule has 1 aliphatic heterocycles. The van der Waals surface area contributed by atoms with Gasteiger partial charge in [0.05, 0.1) is 6.10 Å². The SMILES string of the molecule is CC1CCNCC1OCCCN(C)C. The van der Waals surface area contributed by atoms with Gasteiger partial charge in [-0.25, -0.2) is 0 Å². The Hall–Kier alpha value is -0.120. The summed E-state index contributed by atoms with van der Waals surface area (Å²) in [5, 5.41) is 3.38. The Morgan fingerprint density at radius 1 is 1.43 bits per heavy atom. The maximum Gasteiger partial charge on any atom is 0.0725 e. The Bertz CT molecular complexity index is 150. The Balaban J connectivity index is 2.04. The standard InChI is InChI=1S/C11H24N2O/c1-10-5-6-12-9-11(10)14-8-4-7-13(2)3/h10-12H,4-9H2,1-3H3. The first-order valence-electron chi connectivity index (χ1n) is 5.67. The molecule has 0 radical (unpaired) electrons. The molecule has 0 aromatic rings. The molecule has 0 spiro atoms. The van der Waals surface area contributed by atoms with Crippen LogP contribution in [0.1, 0.15) is 19.8 Å². The molecule has 0 saturated carbocycles. The lowest BCUT2D eigenvalue weighted by molar-refractivity contribution is 0.00139. The summed E-state index contributed by atoms with van der Waals surface area (Å²) in [6.45, 7) is 6.49. The highest BCUT2D eigenvalue weighted by molar-refractivity contribution is 4.75. The normalized spacial score (nSPS) is 28.3. The van der Waals surface area contributed by atoms with E-state index < -0.39 is 0 Å². The molecule has 2 unspecified atom stereocenters. The molecule has 84 valence electrons. The number of ether oxygens (including phenoxy) is 1. The summed E-state index contributed by atoms with van der Waals surface area (Å²) < 4.78 is 5.86. The van der Waals surface area contributed by atoms with Gasteiger partial charge in [-0.15, -0.1) is 0 Å². The molecule has 0 aliphatic carbocycles. The summed E-state index contributed by atoms with van der Waals surface area (Å²) >= 11 is 0. The zero-order chi connectivity index (χ0) is 10.4. The van der Waals surface area contributed by atoms with Crippen molar-refractivity contribution in [1.29, 1.82) is 0 Å². The summed E-state index contributed by atoms with van der Waals surface area (Å²) in [7, 11) is 4.20. The molecule has 0 amide bonds. The summed E-state index contributed by atoms with van der Waals surface area (Å²) in [6.07, 6.45) is 2.82. The maximum atomic E-state index is 5.86. The lowest BCUT2D eigenvalue weighted by Crippen LogP contribution is -2.41. The lowest BCUT2D eigenvalue weighted by Gasteiger charge is -2.29. The van der Waals surface area contributed by atoms with Crippen LogP contribution in [0.3, 0.4) is 0 Å². The van der Waals surface area contributed by atoms with Gasteiger partial charge in [-0.2, -0.15) is 0 Å². The number of nitrogens with zero attached hydrogens (tertiary/aromatic N) is 1. The number of piperidine rings is 1. The third-order valence-electron chi connectivity index (χ3n) is 2.84. The van der Waals surface area contributed by atoms with Gasteiger partial charge in [-0.05, 0) is 45.9 Å². The first kappa shape index (κ1) is 12.0. The van der Waals surface area contributed by atoms with E-state index in [0.717, 1.165) is 38.6 Å². The summed E-state index contributed by atoms with van der Waals surface area (Å²) in [4.78, 5) is 2.20. The van der Waals surface area contributed by atoms with E-state index in [0.29, 0.717) is 6.10 Å². The van der Waals surface area contributed by atoms with Crippen molar-refractivity contribution in [3.05, 3.63) is 0 Å². The highest BCUT2D eigenvalue weighted by Crippen LogP contribution is 2.14. The van der Waals surface area contributed by atoms with E-state index >= 15 is 0 Å². The molecule has 1 fully saturated rings. The van der Waals surface area contributed by atoms with Crippen LogP contribution in [0.15, 0.2) is 0 Å². The van der Waals surface area contributed by atoms with Crippen LogP contribution in [0.25, 0.3) is 0 Å². The minimum atomic E-state index is 0.436. The topological polar surface area (TPSA) is 24.5 Å². The molecule has 1 aliphatic rings. The average Bonchev–Trinajstić information content (AvgIpc) is 2.15. The molecule has 1 saturated heterocycles. The van der Waals surface area contributed by atoms with Crippen LogP contribution in [0.5, 0.6) is 0 Å². The fourth-order valence-corrected chi connectivity index (χ4v) is 1.80. The van der Waals surface area contributed by atoms with E-state index in [1.54, 1.807) is 0 Å². The van der Waals surface area contributed by atoms with E-state index in [-0.39, 0.29) is 0 Å². The smallest absolute Gasteiger partial charge is 0.0725 e. The molecule has 1 heterocycles. The van der Waals surface area contributed by atoms with Crippen molar-refractivity contribution in [3.8, 4) is 0 Å². The van der Waals surface area contributed by atoms with E-state index in [9.17, 15) is 0 Å². The fourth-order valence-electron chi connectivity index (χ4n) is 1.80. The van der Waals surface area contributed by atoms with Gasteiger partial charge in [0.2, 0.25) is 0 Å². The predicted molar refractivity (Wildman–Crippen MR) is 59.6 cm³/mol. The Kier molecular flexibility index (Phi) is 5.45. The van der Waals surface area contributed by atoms with E-state index in [2.05, 4.69) is 31.2 Å². The molecular weight excluding hydrogens is 176 g/mol. The highest BCUT2D eigenvalue weighted by atomic mass is 16.5. The summed E-state index contributed by atoms with van der Waals surface area (Å²) in [5.41, 5.74) is 0. The first-order chi connectivity index (χ1) is 6.70. The number of nitrogens with one attached hydrogen (secondary N) is 1. The van der Waals surface area contributed by atoms with Gasteiger partial charge in [-0.1, -0.05) is 6.92 Å². The number of hydrogen-bond acceptors (Lipinski definition) is 3. The van der Waals surface area contributed by atoms with Crippen LogP contribution < -0.4 is 5.32 Å². The zero-order valence-corrected chi connectivity index (χ0v) is 9.75. The first-order valence-corrected chi connectivity index (χ1v) is 5.67. The Labute approximate surface area is 87.8 Å². The molecule has 0 aromatic carbocycles. The Morgan fingerprint density at radius 2 is 2.21 bits per heavy atom. The van der Waals surface area contributed by atoms with Crippen LogP contribution in [-0.2, 0) is 4.74 Å². The predicted octanol–water partition coefficient (Wildman–Crippen LogP) is 0.953. The number of rotatable bonds is 5. The van der Waals surface area contributed by atoms with Crippen molar-refractivity contribution in [2.24, 2.45) is 5.92 Å². The molecule has 3 nitrogen and oxygen atoms in total. The van der Waals surface area contributed by atoms with Crippen LogP contribution in [-0.4, -0.2) is 51.3 Å². The second-order valence-electron chi connectivity index (χ2n) is 4.54. The fraction of sp³-hybridized carbons (Fsp3) is 1.00. The molecule has 0 aromatic heterocycles. The molecular formula is C11H24N2O. The quantitative estimate of drug-likeness (QED) is 0.669. The molecule has 1 N–H and O–H groups in total. The van der Waals surface area contributed by atoms with E-state index in [4.69, 9.17) is 4.74 Å². The van der Waals surface area contributed by atoms with Crippen LogP contribution in [0, 0.1) is 5.92 Å². The van der Waals surface area contributed by atoms with Crippen LogP contribution >= 0.6 is 0 Å². The molecule has 2 atom stereocenters. The second-order valence-corrected chi connectivity index (χ2v) is 4.54. The zero-order valence-electron chi connectivity index (χ0n) is 9.75. The van der Waals surface area contributed by atoms with Gasteiger partial charge in [0.25, 0.3) is 0 Å². The number of hydrogen-bond donors (Lipinski definition) is 1. The molecule has 1 rings (SSSR count). The monoisotopic (exact) mass is 200 g/mol. The molecule has 0 bridgehead atoms. The van der Waals surface area contributed by atoms with Crippen molar-refractivity contribution < 1.29 is 4.74 Å². The van der Waals surface area contributed by atoms with E-state index in [1.165, 1.54) is 6.42 Å². The highest BCUT2D eigenvalue weighted by Gasteiger charge is 2.20. The average molecular weight is 200 g/mol. The largest absolute Gasteiger partial charge is 0.377 e. The minimum absolute atomic E-state index is 0.436. The summed E-state index contributed by atoms with van der Waals surface area (Å²) in [5.74, 6) is 0.718. The van der Waals surface area contributed by atoms with E-state index in [1.807, 2.05) is 0 Å². The van der Waals surface area contributed by atoms with Gasteiger partial charge in [-0.3, -0.25) is 0 Å².